The molecule has 2 amide bonds. The van der Waals surface area contributed by atoms with E-state index < -0.39 is 21.8 Å². The molecule has 0 spiro atoms. The molecule has 10 heteroatoms. The van der Waals surface area contributed by atoms with Crippen LogP contribution in [0.5, 0.6) is 0 Å². The van der Waals surface area contributed by atoms with Crippen LogP contribution in [0.4, 0.5) is 4.79 Å². The van der Waals surface area contributed by atoms with Crippen molar-refractivity contribution < 1.29 is 22.7 Å². The molecule has 0 aliphatic rings. The number of sulfone groups is 1. The van der Waals surface area contributed by atoms with Gasteiger partial charge in [0, 0.05) is 25.0 Å². The van der Waals surface area contributed by atoms with Crippen molar-refractivity contribution in [2.75, 3.05) is 19.4 Å². The number of imidazole rings is 1. The van der Waals surface area contributed by atoms with Gasteiger partial charge in [-0.05, 0) is 31.4 Å². The minimum Gasteiger partial charge on any atom is -0.450 e. The second-order valence-electron chi connectivity index (χ2n) is 6.87. The topological polar surface area (TPSA) is 119 Å². The molecule has 2 N–H and O–H groups in total. The summed E-state index contributed by atoms with van der Waals surface area (Å²) in [5, 5.41) is 5.26. The van der Waals surface area contributed by atoms with Crippen LogP contribution in [-0.2, 0) is 14.6 Å². The van der Waals surface area contributed by atoms with Crippen molar-refractivity contribution in [3.63, 3.8) is 0 Å². The van der Waals surface area contributed by atoms with Gasteiger partial charge in [-0.15, -0.1) is 0 Å². The SMILES string of the molecule is CCOC(=O)NC(CNC(=O)c1nc(S(C)(=O)=O)n2ccccc12)CC(C)C. The van der Waals surface area contributed by atoms with Crippen LogP contribution in [0.15, 0.2) is 29.6 Å². The van der Waals surface area contributed by atoms with Crippen LogP contribution in [0.3, 0.4) is 0 Å². The van der Waals surface area contributed by atoms with Gasteiger partial charge in [0.05, 0.1) is 12.1 Å². The van der Waals surface area contributed by atoms with Crippen LogP contribution < -0.4 is 10.6 Å². The third kappa shape index (κ3) is 5.44. The summed E-state index contributed by atoms with van der Waals surface area (Å²) in [6.07, 6.45) is 2.67. The summed E-state index contributed by atoms with van der Waals surface area (Å²) in [5.41, 5.74) is 0.402. The minimum absolute atomic E-state index is 0.0143. The highest BCUT2D eigenvalue weighted by Gasteiger charge is 2.23. The number of carbonyl (C=O) groups excluding carboxylic acids is 2. The summed E-state index contributed by atoms with van der Waals surface area (Å²) in [6.45, 7) is 6.13. The van der Waals surface area contributed by atoms with Gasteiger partial charge in [0.25, 0.3) is 5.91 Å². The van der Waals surface area contributed by atoms with Crippen molar-refractivity contribution in [1.29, 1.82) is 0 Å². The van der Waals surface area contributed by atoms with E-state index in [0.29, 0.717) is 11.9 Å². The highest BCUT2D eigenvalue weighted by Crippen LogP contribution is 2.17. The molecule has 28 heavy (non-hydrogen) atoms. The van der Waals surface area contributed by atoms with Crippen molar-refractivity contribution in [2.45, 2.75) is 38.4 Å². The lowest BCUT2D eigenvalue weighted by Crippen LogP contribution is -2.44. The van der Waals surface area contributed by atoms with Gasteiger partial charge >= 0.3 is 6.09 Å². The third-order valence-corrected chi connectivity index (χ3v) is 4.88. The molecule has 1 atom stereocenters. The lowest BCUT2D eigenvalue weighted by molar-refractivity contribution is 0.0941. The summed E-state index contributed by atoms with van der Waals surface area (Å²) < 4.78 is 30.2. The number of fused-ring (bicyclic) bond motifs is 1. The maximum absolute atomic E-state index is 12.7. The largest absolute Gasteiger partial charge is 0.450 e. The standard InChI is InChI=1S/C18H26N4O5S/c1-5-27-18(24)20-13(10-12(2)3)11-19-16(23)15-14-8-6-7-9-22(14)17(21-15)28(4,25)26/h6-9,12-13H,5,10-11H2,1-4H3,(H,19,23)(H,20,24). The predicted molar refractivity (Wildman–Crippen MR) is 104 cm³/mol. The van der Waals surface area contributed by atoms with Gasteiger partial charge in [0.1, 0.15) is 0 Å². The van der Waals surface area contributed by atoms with E-state index in [1.165, 1.54) is 4.40 Å². The number of hydrogen-bond donors (Lipinski definition) is 2. The highest BCUT2D eigenvalue weighted by atomic mass is 32.2. The van der Waals surface area contributed by atoms with Crippen LogP contribution in [0, 0.1) is 5.92 Å². The number of pyridine rings is 1. The van der Waals surface area contributed by atoms with E-state index in [1.54, 1.807) is 31.3 Å². The first kappa shape index (κ1) is 21.7. The summed E-state index contributed by atoms with van der Waals surface area (Å²) in [4.78, 5) is 28.4. The smallest absolute Gasteiger partial charge is 0.407 e. The van der Waals surface area contributed by atoms with Crippen molar-refractivity contribution in [1.82, 2.24) is 20.0 Å². The number of ether oxygens (including phenoxy) is 1. The van der Waals surface area contributed by atoms with Crippen molar-refractivity contribution in [3.8, 4) is 0 Å². The fourth-order valence-corrected chi connectivity index (χ4v) is 3.61. The first-order chi connectivity index (χ1) is 13.1. The number of hydrogen-bond acceptors (Lipinski definition) is 6. The van der Waals surface area contributed by atoms with Crippen molar-refractivity contribution in [3.05, 3.63) is 30.1 Å². The Labute approximate surface area is 164 Å². The number of aromatic nitrogens is 2. The van der Waals surface area contributed by atoms with Crippen LogP contribution in [0.25, 0.3) is 5.52 Å². The van der Waals surface area contributed by atoms with E-state index >= 15 is 0 Å². The molecule has 2 aromatic heterocycles. The maximum Gasteiger partial charge on any atom is 0.407 e. The summed E-state index contributed by atoms with van der Waals surface area (Å²) in [5.74, 6) is -0.230. The van der Waals surface area contributed by atoms with Crippen molar-refractivity contribution in [2.24, 2.45) is 5.92 Å². The maximum atomic E-state index is 12.7. The molecule has 0 radical (unpaired) electrons. The number of rotatable bonds is 8. The molecule has 0 saturated heterocycles. The summed E-state index contributed by atoms with van der Waals surface area (Å²) >= 11 is 0. The Kier molecular flexibility index (Phi) is 7.00. The molecule has 2 rings (SSSR count). The molecular formula is C18H26N4O5S. The van der Waals surface area contributed by atoms with Gasteiger partial charge in [-0.1, -0.05) is 19.9 Å². The average molecular weight is 410 g/mol. The van der Waals surface area contributed by atoms with Crippen LogP contribution in [0.2, 0.25) is 0 Å². The quantitative estimate of drug-likeness (QED) is 0.683. The molecule has 2 aromatic rings. The van der Waals surface area contributed by atoms with E-state index in [2.05, 4.69) is 15.6 Å². The normalized spacial score (nSPS) is 12.8. The zero-order valence-corrected chi connectivity index (χ0v) is 17.2. The lowest BCUT2D eigenvalue weighted by atomic mass is 10.0. The first-order valence-corrected chi connectivity index (χ1v) is 10.9. The van der Waals surface area contributed by atoms with Crippen LogP contribution in [0.1, 0.15) is 37.7 Å². The van der Waals surface area contributed by atoms with Crippen LogP contribution in [-0.4, -0.2) is 55.3 Å². The predicted octanol–water partition coefficient (Wildman–Crippen LogP) is 1.63. The second-order valence-corrected chi connectivity index (χ2v) is 8.78. The fraction of sp³-hybridized carbons (Fsp3) is 0.500. The molecule has 154 valence electrons. The Hall–Kier alpha value is -2.62. The second kappa shape index (κ2) is 9.05. The molecule has 0 aromatic carbocycles. The molecule has 9 nitrogen and oxygen atoms in total. The van der Waals surface area contributed by atoms with Gasteiger partial charge in [0.15, 0.2) is 5.69 Å². The van der Waals surface area contributed by atoms with E-state index in [9.17, 15) is 18.0 Å². The Morgan fingerprint density at radius 2 is 2.00 bits per heavy atom. The van der Waals surface area contributed by atoms with E-state index in [0.717, 1.165) is 6.26 Å². The Bertz CT molecular complexity index is 952. The fourth-order valence-electron chi connectivity index (χ4n) is 2.84. The monoisotopic (exact) mass is 410 g/mol. The zero-order chi connectivity index (χ0) is 20.9. The van der Waals surface area contributed by atoms with E-state index in [1.807, 2.05) is 13.8 Å². The molecule has 1 unspecified atom stereocenters. The van der Waals surface area contributed by atoms with Crippen LogP contribution >= 0.6 is 0 Å². The number of nitrogens with one attached hydrogen (secondary N) is 2. The third-order valence-electron chi connectivity index (χ3n) is 3.93. The molecule has 2 heterocycles. The van der Waals surface area contributed by atoms with Gasteiger partial charge in [0.2, 0.25) is 15.0 Å². The molecule has 0 bridgehead atoms. The lowest BCUT2D eigenvalue weighted by Gasteiger charge is -2.20. The highest BCUT2D eigenvalue weighted by molar-refractivity contribution is 7.90. The number of nitrogens with zero attached hydrogens (tertiary/aromatic N) is 2. The van der Waals surface area contributed by atoms with E-state index in [-0.39, 0.29) is 36.0 Å². The molecule has 0 aliphatic carbocycles. The van der Waals surface area contributed by atoms with E-state index in [4.69, 9.17) is 4.74 Å². The molecule has 0 saturated carbocycles. The Balaban J connectivity index is 2.20. The summed E-state index contributed by atoms with van der Waals surface area (Å²) in [7, 11) is -3.61. The van der Waals surface area contributed by atoms with Gasteiger partial charge < -0.3 is 15.4 Å². The molecule has 0 fully saturated rings. The number of carbonyl (C=O) groups is 2. The molecular weight excluding hydrogens is 384 g/mol. The van der Waals surface area contributed by atoms with Gasteiger partial charge in [-0.3, -0.25) is 9.20 Å². The molecule has 0 aliphatic heterocycles. The first-order valence-electron chi connectivity index (χ1n) is 9.02. The Morgan fingerprint density at radius 3 is 2.61 bits per heavy atom. The number of alkyl carbamates (subject to hydrolysis) is 1. The Morgan fingerprint density at radius 1 is 1.29 bits per heavy atom. The summed E-state index contributed by atoms with van der Waals surface area (Å²) in [6, 6.07) is 4.65. The zero-order valence-electron chi connectivity index (χ0n) is 16.4. The minimum atomic E-state index is -3.61. The van der Waals surface area contributed by atoms with Gasteiger partial charge in [-0.2, -0.15) is 0 Å². The number of amides is 2. The van der Waals surface area contributed by atoms with Crippen molar-refractivity contribution >= 4 is 27.4 Å². The average Bonchev–Trinajstić information content (AvgIpc) is 2.99. The van der Waals surface area contributed by atoms with Gasteiger partial charge in [-0.25, -0.2) is 18.2 Å².